The van der Waals surface area contributed by atoms with Crippen LogP contribution in [-0.2, 0) is 16.1 Å². The van der Waals surface area contributed by atoms with E-state index in [1.165, 1.54) is 24.0 Å². The quantitative estimate of drug-likeness (QED) is 0.517. The lowest BCUT2D eigenvalue weighted by atomic mass is 9.95. The highest BCUT2D eigenvalue weighted by atomic mass is 16.7. The van der Waals surface area contributed by atoms with Crippen molar-refractivity contribution in [3.63, 3.8) is 0 Å². The van der Waals surface area contributed by atoms with E-state index in [0.717, 1.165) is 0 Å². The van der Waals surface area contributed by atoms with Crippen molar-refractivity contribution < 1.29 is 9.47 Å². The number of ether oxygens (including phenoxy) is 2. The Morgan fingerprint density at radius 2 is 2.12 bits per heavy atom. The van der Waals surface area contributed by atoms with Gasteiger partial charge in [-0.1, -0.05) is 44.5 Å². The van der Waals surface area contributed by atoms with Gasteiger partial charge in [-0.25, -0.2) is 0 Å². The van der Waals surface area contributed by atoms with Gasteiger partial charge in [0.15, 0.2) is 0 Å². The molecule has 0 aliphatic rings. The molecule has 0 aliphatic carbocycles. The lowest BCUT2D eigenvalue weighted by Crippen LogP contribution is -1.99. The second-order valence-corrected chi connectivity index (χ2v) is 4.19. The van der Waals surface area contributed by atoms with E-state index in [4.69, 9.17) is 9.47 Å². The maximum absolute atomic E-state index is 5.34. The zero-order valence-corrected chi connectivity index (χ0v) is 10.5. The van der Waals surface area contributed by atoms with E-state index in [0.29, 0.717) is 19.3 Å². The Morgan fingerprint density at radius 3 is 2.81 bits per heavy atom. The van der Waals surface area contributed by atoms with E-state index in [1.807, 2.05) is 0 Å². The first-order valence-corrected chi connectivity index (χ1v) is 5.93. The number of rotatable bonds is 7. The predicted molar refractivity (Wildman–Crippen MR) is 66.4 cm³/mol. The molecule has 1 aromatic rings. The van der Waals surface area contributed by atoms with Gasteiger partial charge in [-0.2, -0.15) is 0 Å². The summed E-state index contributed by atoms with van der Waals surface area (Å²) >= 11 is 0. The number of hydrogen-bond acceptors (Lipinski definition) is 2. The first-order chi connectivity index (χ1) is 7.77. The van der Waals surface area contributed by atoms with Gasteiger partial charge in [-0.05, 0) is 23.5 Å². The summed E-state index contributed by atoms with van der Waals surface area (Å²) in [6.45, 7) is 5.48. The second-order valence-electron chi connectivity index (χ2n) is 4.19. The molecule has 0 amide bonds. The lowest BCUT2D eigenvalue weighted by molar-refractivity contribution is -0.0390. The van der Waals surface area contributed by atoms with Crippen molar-refractivity contribution in [2.75, 3.05) is 13.9 Å². The minimum absolute atomic E-state index is 0.356. The third-order valence-electron chi connectivity index (χ3n) is 2.71. The van der Waals surface area contributed by atoms with Gasteiger partial charge in [0, 0.05) is 7.11 Å². The van der Waals surface area contributed by atoms with Crippen molar-refractivity contribution in [2.24, 2.45) is 0 Å². The Morgan fingerprint density at radius 1 is 1.31 bits per heavy atom. The van der Waals surface area contributed by atoms with Crippen LogP contribution in [0.4, 0.5) is 0 Å². The molecule has 1 rings (SSSR count). The maximum atomic E-state index is 5.34. The van der Waals surface area contributed by atoms with Crippen LogP contribution in [0, 0.1) is 0 Å². The zero-order valence-electron chi connectivity index (χ0n) is 10.5. The van der Waals surface area contributed by atoms with Gasteiger partial charge in [0.2, 0.25) is 0 Å². The van der Waals surface area contributed by atoms with Crippen LogP contribution in [0.15, 0.2) is 24.3 Å². The Labute approximate surface area is 98.6 Å². The fourth-order valence-electron chi connectivity index (χ4n) is 1.83. The molecule has 0 heterocycles. The maximum Gasteiger partial charge on any atom is 0.146 e. The average Bonchev–Trinajstić information content (AvgIpc) is 2.30. The molecule has 16 heavy (non-hydrogen) atoms. The minimum Gasteiger partial charge on any atom is -0.359 e. The third kappa shape index (κ3) is 4.33. The Hall–Kier alpha value is -0.860. The van der Waals surface area contributed by atoms with Crippen LogP contribution in [0.5, 0.6) is 0 Å². The molecule has 0 bridgehead atoms. The molecule has 0 radical (unpaired) electrons. The highest BCUT2D eigenvalue weighted by Crippen LogP contribution is 2.21. The van der Waals surface area contributed by atoms with Gasteiger partial charge in [-0.3, -0.25) is 0 Å². The highest BCUT2D eigenvalue weighted by Gasteiger charge is 2.04. The molecule has 0 aromatic heterocycles. The van der Waals surface area contributed by atoms with Crippen LogP contribution in [0.2, 0.25) is 0 Å². The summed E-state index contributed by atoms with van der Waals surface area (Å²) in [7, 11) is 1.64. The number of benzene rings is 1. The molecule has 1 aromatic carbocycles. The van der Waals surface area contributed by atoms with Gasteiger partial charge >= 0.3 is 0 Å². The predicted octanol–water partition coefficient (Wildman–Crippen LogP) is 3.71. The van der Waals surface area contributed by atoms with Gasteiger partial charge < -0.3 is 9.47 Å². The zero-order chi connectivity index (χ0) is 11.8. The molecule has 0 saturated carbocycles. The van der Waals surface area contributed by atoms with E-state index in [9.17, 15) is 0 Å². The minimum atomic E-state index is 0.356. The first kappa shape index (κ1) is 13.2. The SMILES string of the molecule is CCCC(C)c1cccc(COCOC)c1. The molecule has 1 unspecified atom stereocenters. The lowest BCUT2D eigenvalue weighted by Gasteiger charge is -2.12. The monoisotopic (exact) mass is 222 g/mol. The second kappa shape index (κ2) is 7.42. The van der Waals surface area contributed by atoms with Gasteiger partial charge in [0.1, 0.15) is 6.79 Å². The van der Waals surface area contributed by atoms with E-state index in [2.05, 4.69) is 38.1 Å². The van der Waals surface area contributed by atoms with Crippen molar-refractivity contribution in [3.8, 4) is 0 Å². The van der Waals surface area contributed by atoms with Crippen LogP contribution < -0.4 is 0 Å². The molecule has 0 spiro atoms. The smallest absolute Gasteiger partial charge is 0.146 e. The summed E-state index contributed by atoms with van der Waals surface area (Å²) < 4.78 is 10.2. The summed E-state index contributed by atoms with van der Waals surface area (Å²) in [5, 5.41) is 0. The van der Waals surface area contributed by atoms with E-state index in [1.54, 1.807) is 7.11 Å². The molecular weight excluding hydrogens is 200 g/mol. The first-order valence-electron chi connectivity index (χ1n) is 5.93. The van der Waals surface area contributed by atoms with Crippen LogP contribution in [0.1, 0.15) is 43.7 Å². The third-order valence-corrected chi connectivity index (χ3v) is 2.71. The Balaban J connectivity index is 2.56. The van der Waals surface area contributed by atoms with E-state index < -0.39 is 0 Å². The van der Waals surface area contributed by atoms with Crippen molar-refractivity contribution in [2.45, 2.75) is 39.2 Å². The average molecular weight is 222 g/mol. The molecule has 90 valence electrons. The van der Waals surface area contributed by atoms with Gasteiger partial charge in [0.05, 0.1) is 6.61 Å². The summed E-state index contributed by atoms with van der Waals surface area (Å²) in [5.41, 5.74) is 2.62. The molecule has 2 heteroatoms. The molecule has 0 aliphatic heterocycles. The van der Waals surface area contributed by atoms with Crippen LogP contribution in [-0.4, -0.2) is 13.9 Å². The number of methoxy groups -OCH3 is 1. The summed E-state index contributed by atoms with van der Waals surface area (Å²) in [5.74, 6) is 0.632. The van der Waals surface area contributed by atoms with Crippen molar-refractivity contribution in [3.05, 3.63) is 35.4 Å². The molecule has 1 atom stereocenters. The van der Waals surface area contributed by atoms with Gasteiger partial charge in [0.25, 0.3) is 0 Å². The Kier molecular flexibility index (Phi) is 6.12. The summed E-state index contributed by atoms with van der Waals surface area (Å²) in [4.78, 5) is 0. The summed E-state index contributed by atoms with van der Waals surface area (Å²) in [6.07, 6.45) is 2.47. The fraction of sp³-hybridized carbons (Fsp3) is 0.571. The summed E-state index contributed by atoms with van der Waals surface area (Å²) in [6, 6.07) is 8.63. The molecular formula is C14H22O2. The Bertz CT molecular complexity index is 297. The van der Waals surface area contributed by atoms with Crippen LogP contribution in [0.25, 0.3) is 0 Å². The van der Waals surface area contributed by atoms with Crippen LogP contribution in [0.3, 0.4) is 0 Å². The van der Waals surface area contributed by atoms with E-state index >= 15 is 0 Å². The topological polar surface area (TPSA) is 18.5 Å². The van der Waals surface area contributed by atoms with Crippen LogP contribution >= 0.6 is 0 Å². The van der Waals surface area contributed by atoms with Crippen molar-refractivity contribution >= 4 is 0 Å². The largest absolute Gasteiger partial charge is 0.359 e. The van der Waals surface area contributed by atoms with Crippen molar-refractivity contribution in [1.29, 1.82) is 0 Å². The normalized spacial score (nSPS) is 12.7. The van der Waals surface area contributed by atoms with Crippen molar-refractivity contribution in [1.82, 2.24) is 0 Å². The van der Waals surface area contributed by atoms with Gasteiger partial charge in [-0.15, -0.1) is 0 Å². The molecule has 2 nitrogen and oxygen atoms in total. The molecule has 0 N–H and O–H groups in total. The molecule has 0 saturated heterocycles. The highest BCUT2D eigenvalue weighted by molar-refractivity contribution is 5.25. The van der Waals surface area contributed by atoms with E-state index in [-0.39, 0.29) is 0 Å². The fourth-order valence-corrected chi connectivity index (χ4v) is 1.83. The standard InChI is InChI=1S/C14H22O2/c1-4-6-12(2)14-8-5-7-13(9-14)10-16-11-15-3/h5,7-9,12H,4,6,10-11H2,1-3H3. The number of hydrogen-bond donors (Lipinski definition) is 0. The molecule has 0 fully saturated rings.